The first-order valence-electron chi connectivity index (χ1n) is 10.8. The van der Waals surface area contributed by atoms with Crippen LogP contribution in [0.3, 0.4) is 0 Å². The molecule has 172 valence electrons. The van der Waals surface area contributed by atoms with Gasteiger partial charge in [-0.3, -0.25) is 0 Å². The summed E-state index contributed by atoms with van der Waals surface area (Å²) in [6.45, 7) is 18.9. The van der Waals surface area contributed by atoms with E-state index in [1.165, 1.54) is 4.68 Å². The predicted molar refractivity (Wildman–Crippen MR) is 118 cm³/mol. The van der Waals surface area contributed by atoms with Crippen molar-refractivity contribution < 1.29 is 23.6 Å². The molecule has 2 amide bonds. The van der Waals surface area contributed by atoms with E-state index in [4.69, 9.17) is 14.0 Å². The van der Waals surface area contributed by atoms with Crippen molar-refractivity contribution in [3.63, 3.8) is 0 Å². The van der Waals surface area contributed by atoms with Gasteiger partial charge >= 0.3 is 19.2 Å². The van der Waals surface area contributed by atoms with Crippen LogP contribution in [-0.2, 0) is 14.0 Å². The van der Waals surface area contributed by atoms with Crippen LogP contribution in [0.5, 0.6) is 0 Å². The Balaban J connectivity index is 1.70. The summed E-state index contributed by atoms with van der Waals surface area (Å²) in [5.41, 5.74) is 0.713. The summed E-state index contributed by atoms with van der Waals surface area (Å²) in [5.74, 6) is 0. The van der Waals surface area contributed by atoms with Crippen LogP contribution in [0.4, 0.5) is 9.59 Å². The molecule has 0 saturated carbocycles. The minimum absolute atomic E-state index is 0.216. The molecule has 0 unspecified atom stereocenters. The van der Waals surface area contributed by atoms with Crippen molar-refractivity contribution in [2.75, 3.05) is 26.2 Å². The molecular weight excluding hydrogens is 399 g/mol. The monoisotopic (exact) mass is 434 g/mol. The maximum absolute atomic E-state index is 13.2. The lowest BCUT2D eigenvalue weighted by Crippen LogP contribution is -2.52. The van der Waals surface area contributed by atoms with E-state index in [0.29, 0.717) is 37.6 Å². The molecule has 0 aromatic carbocycles. The number of aryl methyl sites for hydroxylation is 1. The van der Waals surface area contributed by atoms with Gasteiger partial charge < -0.3 is 23.8 Å². The second-order valence-electron chi connectivity index (χ2n) is 10.3. The van der Waals surface area contributed by atoms with Gasteiger partial charge in [-0.1, -0.05) is 0 Å². The highest BCUT2D eigenvalue weighted by Crippen LogP contribution is 2.37. The minimum atomic E-state index is -0.574. The summed E-state index contributed by atoms with van der Waals surface area (Å²) in [5, 5.41) is 4.49. The van der Waals surface area contributed by atoms with E-state index in [0.717, 1.165) is 5.46 Å². The maximum atomic E-state index is 13.2. The number of hydrogen-bond acceptors (Lipinski definition) is 6. The van der Waals surface area contributed by atoms with Gasteiger partial charge in [-0.25, -0.2) is 9.59 Å². The SMILES string of the molecule is Cc1nn(C(=O)N2CCN(C(=O)OC(C)(C)C)CC2)c(C)c1B1OC(C)(C)C(C)(C)O1. The number of amides is 2. The van der Waals surface area contributed by atoms with Crippen LogP contribution < -0.4 is 5.46 Å². The van der Waals surface area contributed by atoms with Crippen LogP contribution in [-0.4, -0.2) is 81.8 Å². The van der Waals surface area contributed by atoms with E-state index < -0.39 is 23.9 Å². The van der Waals surface area contributed by atoms with Gasteiger partial charge in [0.15, 0.2) is 0 Å². The molecule has 1 aromatic heterocycles. The first-order chi connectivity index (χ1) is 14.1. The van der Waals surface area contributed by atoms with Gasteiger partial charge in [0.05, 0.1) is 16.9 Å². The second-order valence-corrected chi connectivity index (χ2v) is 10.3. The third-order valence-electron chi connectivity index (χ3n) is 6.22. The lowest BCUT2D eigenvalue weighted by Gasteiger charge is -2.35. The number of piperazine rings is 1. The van der Waals surface area contributed by atoms with Crippen LogP contribution in [0.15, 0.2) is 0 Å². The molecule has 3 heterocycles. The standard InChI is InChI=1S/C21H35BN4O5/c1-14-16(22-30-20(6,7)21(8,9)31-22)15(2)26(23-14)17(27)24-10-12-25(13-11-24)18(28)29-19(3,4)5/h10-13H2,1-9H3. The predicted octanol–water partition coefficient (Wildman–Crippen LogP) is 2.32. The molecule has 0 spiro atoms. The van der Waals surface area contributed by atoms with Crippen LogP contribution in [0.25, 0.3) is 0 Å². The molecule has 0 atom stereocenters. The molecule has 0 radical (unpaired) electrons. The van der Waals surface area contributed by atoms with Gasteiger partial charge in [-0.05, 0) is 62.3 Å². The Morgan fingerprint density at radius 1 is 0.968 bits per heavy atom. The highest BCUT2D eigenvalue weighted by molar-refractivity contribution is 6.63. The van der Waals surface area contributed by atoms with Crippen molar-refractivity contribution in [1.29, 1.82) is 0 Å². The van der Waals surface area contributed by atoms with Crippen molar-refractivity contribution in [3.05, 3.63) is 11.4 Å². The maximum Gasteiger partial charge on any atom is 0.498 e. The minimum Gasteiger partial charge on any atom is -0.444 e. The Hall–Kier alpha value is -2.07. The molecular formula is C21H35BN4O5. The molecule has 31 heavy (non-hydrogen) atoms. The molecule has 9 nitrogen and oxygen atoms in total. The number of nitrogens with zero attached hydrogens (tertiary/aromatic N) is 4. The van der Waals surface area contributed by atoms with Gasteiger partial charge in [0.1, 0.15) is 5.60 Å². The van der Waals surface area contributed by atoms with E-state index in [-0.39, 0.29) is 12.1 Å². The van der Waals surface area contributed by atoms with E-state index in [1.807, 2.05) is 62.3 Å². The summed E-state index contributed by atoms with van der Waals surface area (Å²) in [6, 6.07) is -0.216. The Morgan fingerprint density at radius 3 is 1.94 bits per heavy atom. The number of aromatic nitrogens is 2. The molecule has 0 bridgehead atoms. The average molecular weight is 434 g/mol. The zero-order valence-electron chi connectivity index (χ0n) is 20.2. The fourth-order valence-corrected chi connectivity index (χ4v) is 3.68. The van der Waals surface area contributed by atoms with Crippen LogP contribution in [0.1, 0.15) is 59.9 Å². The van der Waals surface area contributed by atoms with E-state index in [9.17, 15) is 9.59 Å². The fourth-order valence-electron chi connectivity index (χ4n) is 3.68. The van der Waals surface area contributed by atoms with Gasteiger partial charge in [0, 0.05) is 37.3 Å². The summed E-state index contributed by atoms with van der Waals surface area (Å²) in [4.78, 5) is 28.8. The third-order valence-corrected chi connectivity index (χ3v) is 6.22. The number of carbonyl (C=O) groups is 2. The molecule has 0 N–H and O–H groups in total. The van der Waals surface area contributed by atoms with E-state index >= 15 is 0 Å². The Kier molecular flexibility index (Phi) is 5.95. The van der Waals surface area contributed by atoms with Crippen molar-refractivity contribution in [2.24, 2.45) is 0 Å². The van der Waals surface area contributed by atoms with Crippen LogP contribution in [0.2, 0.25) is 0 Å². The third kappa shape index (κ3) is 4.60. The van der Waals surface area contributed by atoms with Gasteiger partial charge in [0.25, 0.3) is 0 Å². The summed E-state index contributed by atoms with van der Waals surface area (Å²) >= 11 is 0. The van der Waals surface area contributed by atoms with Gasteiger partial charge in [0.2, 0.25) is 0 Å². The van der Waals surface area contributed by atoms with Crippen LogP contribution in [0, 0.1) is 13.8 Å². The molecule has 2 aliphatic heterocycles. The largest absolute Gasteiger partial charge is 0.498 e. The zero-order valence-corrected chi connectivity index (χ0v) is 20.2. The lowest BCUT2D eigenvalue weighted by atomic mass is 9.77. The molecule has 2 fully saturated rings. The molecule has 0 aliphatic carbocycles. The normalized spacial score (nSPS) is 20.9. The van der Waals surface area contributed by atoms with Gasteiger partial charge in [-0.15, -0.1) is 0 Å². The number of hydrogen-bond donors (Lipinski definition) is 0. The van der Waals surface area contributed by atoms with Crippen LogP contribution >= 0.6 is 0 Å². The topological polar surface area (TPSA) is 86.1 Å². The van der Waals surface area contributed by atoms with Gasteiger partial charge in [-0.2, -0.15) is 9.78 Å². The molecule has 3 rings (SSSR count). The zero-order chi connectivity index (χ0) is 23.4. The fraction of sp³-hybridized carbons (Fsp3) is 0.762. The summed E-state index contributed by atoms with van der Waals surface area (Å²) in [7, 11) is -0.574. The first-order valence-corrected chi connectivity index (χ1v) is 10.8. The number of rotatable bonds is 1. The lowest BCUT2D eigenvalue weighted by molar-refractivity contribution is 0.00578. The second kappa shape index (κ2) is 7.81. The Bertz CT molecular complexity index is 850. The average Bonchev–Trinajstić information content (AvgIpc) is 3.04. The highest BCUT2D eigenvalue weighted by Gasteiger charge is 2.53. The van der Waals surface area contributed by atoms with Crippen molar-refractivity contribution in [1.82, 2.24) is 19.6 Å². The smallest absolute Gasteiger partial charge is 0.444 e. The Labute approximate surface area is 185 Å². The quantitative estimate of drug-likeness (QED) is 0.631. The van der Waals surface area contributed by atoms with E-state index in [1.54, 1.807) is 9.80 Å². The molecule has 10 heteroatoms. The van der Waals surface area contributed by atoms with Crippen molar-refractivity contribution in [2.45, 2.75) is 79.1 Å². The number of carbonyl (C=O) groups excluding carboxylic acids is 2. The first kappa shape index (κ1) is 23.6. The number of ether oxygens (including phenoxy) is 1. The van der Waals surface area contributed by atoms with E-state index in [2.05, 4.69) is 5.10 Å². The molecule has 2 aliphatic rings. The highest BCUT2D eigenvalue weighted by atomic mass is 16.7. The Morgan fingerprint density at radius 2 is 1.45 bits per heavy atom. The molecule has 1 aromatic rings. The molecule has 2 saturated heterocycles. The van der Waals surface area contributed by atoms with Crippen molar-refractivity contribution >= 4 is 24.7 Å². The summed E-state index contributed by atoms with van der Waals surface area (Å²) < 4.78 is 19.2. The van der Waals surface area contributed by atoms with Crippen molar-refractivity contribution in [3.8, 4) is 0 Å². The summed E-state index contributed by atoms with van der Waals surface area (Å²) in [6.07, 6.45) is -0.353.